The number of pyridine rings is 1. The molecule has 3 heterocycles. The van der Waals surface area contributed by atoms with Crippen LogP contribution in [0.5, 0.6) is 0 Å². The van der Waals surface area contributed by atoms with E-state index in [9.17, 15) is 10.2 Å². The Bertz CT molecular complexity index is 1320. The van der Waals surface area contributed by atoms with Crippen molar-refractivity contribution in [2.75, 3.05) is 14.1 Å². The van der Waals surface area contributed by atoms with Crippen molar-refractivity contribution in [2.45, 2.75) is 80.6 Å². The Balaban J connectivity index is 1.32. The van der Waals surface area contributed by atoms with Gasteiger partial charge in [0.25, 0.3) is 0 Å². The first kappa shape index (κ1) is 23.0. The minimum absolute atomic E-state index is 0.136. The zero-order valence-corrected chi connectivity index (χ0v) is 21.2. The van der Waals surface area contributed by atoms with Crippen LogP contribution in [-0.2, 0) is 4.74 Å². The molecule has 190 valence electrons. The molecule has 1 saturated carbocycles. The molecule has 0 amide bonds. The average molecular weight is 491 g/mol. The number of likely N-dealkylation sites (N-methyl/N-ethyl adjacent to an activating group) is 1. The number of allylic oxidation sites excluding steroid dienone is 3. The summed E-state index contributed by atoms with van der Waals surface area (Å²) >= 11 is 0. The summed E-state index contributed by atoms with van der Waals surface area (Å²) in [6.45, 7) is 2.35. The van der Waals surface area contributed by atoms with Crippen molar-refractivity contribution in [1.82, 2.24) is 9.88 Å². The zero-order valence-electron chi connectivity index (χ0n) is 21.2. The van der Waals surface area contributed by atoms with Crippen molar-refractivity contribution < 1.29 is 19.3 Å². The number of aliphatic hydroxyl groups excluding tert-OH is 2. The topological polar surface area (TPSA) is 65.8 Å². The monoisotopic (exact) mass is 490 g/mol. The summed E-state index contributed by atoms with van der Waals surface area (Å²) in [6, 6.07) is 8.16. The van der Waals surface area contributed by atoms with Crippen molar-refractivity contribution in [1.29, 1.82) is 0 Å². The first-order valence-corrected chi connectivity index (χ1v) is 13.3. The molecule has 2 aliphatic heterocycles. The summed E-state index contributed by atoms with van der Waals surface area (Å²) in [7, 11) is 3.76. The fraction of sp³-hybridized carbons (Fsp3) is 0.567. The number of rotatable bonds is 2. The quantitative estimate of drug-likeness (QED) is 0.610. The van der Waals surface area contributed by atoms with E-state index in [0.29, 0.717) is 12.8 Å². The van der Waals surface area contributed by atoms with Gasteiger partial charge in [-0.05, 0) is 74.4 Å². The molecule has 2 aromatic rings. The Morgan fingerprint density at radius 2 is 1.97 bits per heavy atom. The number of hydrogen-bond acceptors (Lipinski definition) is 5. The lowest BCUT2D eigenvalue weighted by atomic mass is 9.56. The van der Waals surface area contributed by atoms with Gasteiger partial charge in [0.1, 0.15) is 11.7 Å². The summed E-state index contributed by atoms with van der Waals surface area (Å²) in [5.41, 5.74) is -0.166. The molecule has 2 spiro atoms. The largest absolute Gasteiger partial charge is 0.389 e. The highest BCUT2D eigenvalue weighted by atomic mass is 19.1. The highest BCUT2D eigenvalue weighted by Crippen LogP contribution is 2.70. The van der Waals surface area contributed by atoms with Crippen LogP contribution in [0.15, 0.2) is 54.4 Å². The van der Waals surface area contributed by atoms with E-state index in [2.05, 4.69) is 48.3 Å². The van der Waals surface area contributed by atoms with Crippen LogP contribution in [0.4, 0.5) is 4.39 Å². The number of aliphatic hydroxyl groups is 2. The maximum absolute atomic E-state index is 16.9. The van der Waals surface area contributed by atoms with Crippen LogP contribution in [-0.4, -0.2) is 69.3 Å². The highest BCUT2D eigenvalue weighted by molar-refractivity contribution is 5.95. The van der Waals surface area contributed by atoms with E-state index in [1.165, 1.54) is 16.5 Å². The molecule has 1 aromatic carbocycles. The van der Waals surface area contributed by atoms with Gasteiger partial charge in [-0.25, -0.2) is 4.39 Å². The van der Waals surface area contributed by atoms with Gasteiger partial charge in [0, 0.05) is 41.6 Å². The molecule has 7 rings (SSSR count). The summed E-state index contributed by atoms with van der Waals surface area (Å²) in [5, 5.41) is 24.3. The number of aromatic nitrogens is 1. The molecule has 1 aromatic heterocycles. The van der Waals surface area contributed by atoms with E-state index >= 15 is 4.39 Å². The van der Waals surface area contributed by atoms with E-state index in [1.54, 1.807) is 0 Å². The van der Waals surface area contributed by atoms with Crippen LogP contribution in [0.25, 0.3) is 16.3 Å². The minimum atomic E-state index is -1.98. The fourth-order valence-corrected chi connectivity index (χ4v) is 8.75. The lowest BCUT2D eigenvalue weighted by Crippen LogP contribution is -2.73. The van der Waals surface area contributed by atoms with Gasteiger partial charge in [-0.3, -0.25) is 4.98 Å². The van der Waals surface area contributed by atoms with Gasteiger partial charge < -0.3 is 19.8 Å². The summed E-state index contributed by atoms with van der Waals surface area (Å²) in [5.74, 6) is 0.206. The third-order valence-electron chi connectivity index (χ3n) is 10.7. The Kier molecular flexibility index (Phi) is 4.64. The lowest BCUT2D eigenvalue weighted by molar-refractivity contribution is -0.282. The number of nitrogens with zero attached hydrogens (tertiary/aromatic N) is 2. The second-order valence-corrected chi connectivity index (χ2v) is 12.4. The van der Waals surface area contributed by atoms with Crippen LogP contribution in [0.3, 0.4) is 0 Å². The first-order chi connectivity index (χ1) is 17.2. The van der Waals surface area contributed by atoms with Crippen molar-refractivity contribution in [3.8, 4) is 0 Å². The molecule has 8 unspecified atom stereocenters. The van der Waals surface area contributed by atoms with E-state index in [-0.39, 0.29) is 23.8 Å². The maximum atomic E-state index is 16.9. The number of ether oxygens (including phenoxy) is 1. The minimum Gasteiger partial charge on any atom is -0.389 e. The predicted molar refractivity (Wildman–Crippen MR) is 137 cm³/mol. The third kappa shape index (κ3) is 2.61. The molecular weight excluding hydrogens is 455 g/mol. The SMILES string of the molecule is CN(C)C1CC23CCC4(O2)C(=CCC2(C)C(c5cccc6ccncc56)=CCC24)CC3(F)C(O)C1O. The van der Waals surface area contributed by atoms with Gasteiger partial charge in [-0.2, -0.15) is 0 Å². The van der Waals surface area contributed by atoms with Gasteiger partial charge in [-0.15, -0.1) is 0 Å². The normalized spacial score (nSPS) is 45.2. The Labute approximate surface area is 211 Å². The number of hydrogen-bond donors (Lipinski definition) is 2. The van der Waals surface area contributed by atoms with Crippen LogP contribution in [0.1, 0.15) is 51.0 Å². The second-order valence-electron chi connectivity index (χ2n) is 12.4. The average Bonchev–Trinajstić information content (AvgIpc) is 3.40. The molecule has 5 aliphatic rings. The number of halogens is 1. The van der Waals surface area contributed by atoms with Gasteiger partial charge >= 0.3 is 0 Å². The lowest BCUT2D eigenvalue weighted by Gasteiger charge is -2.61. The smallest absolute Gasteiger partial charge is 0.171 e. The molecule has 6 heteroatoms. The Hall–Kier alpha value is -2.12. The molecule has 2 saturated heterocycles. The standard InChI is InChI=1S/C30H35FN2O3/c1-27-11-9-19-15-30(31)26(35)25(34)23(33(2)3)16-28(30)12-13-29(19,36-28)24(27)8-7-22(27)20-6-4-5-18-10-14-32-17-21(18)20/h4-7,9-10,14,17,23-26,34-35H,8,11-13,15-16H2,1-3H3. The van der Waals surface area contributed by atoms with Crippen LogP contribution < -0.4 is 0 Å². The van der Waals surface area contributed by atoms with Gasteiger partial charge in [-0.1, -0.05) is 37.3 Å². The summed E-state index contributed by atoms with van der Waals surface area (Å²) < 4.78 is 23.9. The Morgan fingerprint density at radius 1 is 1.14 bits per heavy atom. The van der Waals surface area contributed by atoms with Crippen molar-refractivity contribution in [3.63, 3.8) is 0 Å². The molecule has 36 heavy (non-hydrogen) atoms. The van der Waals surface area contributed by atoms with E-state index in [1.807, 2.05) is 31.4 Å². The number of benzene rings is 1. The first-order valence-electron chi connectivity index (χ1n) is 13.3. The zero-order chi connectivity index (χ0) is 25.1. The van der Waals surface area contributed by atoms with Gasteiger partial charge in [0.2, 0.25) is 0 Å². The fourth-order valence-electron chi connectivity index (χ4n) is 8.75. The van der Waals surface area contributed by atoms with Crippen molar-refractivity contribution >= 4 is 16.3 Å². The molecule has 3 aliphatic carbocycles. The van der Waals surface area contributed by atoms with Crippen LogP contribution in [0, 0.1) is 11.3 Å². The molecule has 5 nitrogen and oxygen atoms in total. The van der Waals surface area contributed by atoms with Gasteiger partial charge in [0.05, 0.1) is 11.7 Å². The second kappa shape index (κ2) is 7.25. The van der Waals surface area contributed by atoms with Crippen LogP contribution in [0.2, 0.25) is 0 Å². The van der Waals surface area contributed by atoms with E-state index in [0.717, 1.165) is 30.2 Å². The van der Waals surface area contributed by atoms with Crippen molar-refractivity contribution in [2.24, 2.45) is 11.3 Å². The molecular formula is C30H35FN2O3. The maximum Gasteiger partial charge on any atom is 0.171 e. The molecule has 0 radical (unpaired) electrons. The summed E-state index contributed by atoms with van der Waals surface area (Å²) in [6.07, 6.45) is 9.32. The predicted octanol–water partition coefficient (Wildman–Crippen LogP) is 4.43. The van der Waals surface area contributed by atoms with Crippen LogP contribution >= 0.6 is 0 Å². The third-order valence-corrected chi connectivity index (χ3v) is 10.7. The highest BCUT2D eigenvalue weighted by Gasteiger charge is 2.76. The van der Waals surface area contributed by atoms with E-state index < -0.39 is 29.1 Å². The Morgan fingerprint density at radius 3 is 2.78 bits per heavy atom. The molecule has 3 fully saturated rings. The van der Waals surface area contributed by atoms with Crippen molar-refractivity contribution in [3.05, 3.63) is 59.9 Å². The molecule has 2 bridgehead atoms. The number of alkyl halides is 1. The van der Waals surface area contributed by atoms with E-state index in [4.69, 9.17) is 4.74 Å². The molecule has 2 N–H and O–H groups in total. The van der Waals surface area contributed by atoms with Gasteiger partial charge in [0.15, 0.2) is 5.67 Å². The summed E-state index contributed by atoms with van der Waals surface area (Å²) in [4.78, 5) is 6.31. The number of fused-ring (bicyclic) bond motifs is 2. The molecule has 8 atom stereocenters.